The van der Waals surface area contributed by atoms with Gasteiger partial charge < -0.3 is 19.1 Å². The molecule has 0 N–H and O–H groups in total. The summed E-state index contributed by atoms with van der Waals surface area (Å²) in [4.78, 5) is 6.96. The maximum Gasteiger partial charge on any atom is 0.187 e. The molecule has 1 aliphatic rings. The van der Waals surface area contributed by atoms with E-state index in [1.807, 2.05) is 30.3 Å². The summed E-state index contributed by atoms with van der Waals surface area (Å²) >= 11 is 0. The first kappa shape index (κ1) is 22.1. The molecule has 0 spiro atoms. The van der Waals surface area contributed by atoms with Gasteiger partial charge in [-0.05, 0) is 73.2 Å². The Bertz CT molecular complexity index is 1230. The third-order valence-corrected chi connectivity index (χ3v) is 6.63. The minimum Gasteiger partial charge on any atom is -0.493 e. The lowest BCUT2D eigenvalue weighted by molar-refractivity contribution is 0.358. The Balaban J connectivity index is 1.25. The number of benzene rings is 3. The standard InChI is InChI=1S/C29H30N2O3/c1-32-27-13-12-25-26(14-17-30-28(25)29(27)33-2)34-24-10-8-23(9-11-24)31-18-15-22(16-19-31)20-21-6-4-3-5-7-21/h3-14,17,22H,15-16,18-20H2,1-2H3. The van der Waals surface area contributed by atoms with E-state index in [4.69, 9.17) is 14.2 Å². The average Bonchev–Trinajstić information content (AvgIpc) is 2.89. The van der Waals surface area contributed by atoms with E-state index in [1.54, 1.807) is 20.4 Å². The molecule has 0 unspecified atom stereocenters. The van der Waals surface area contributed by atoms with Crippen molar-refractivity contribution < 1.29 is 14.2 Å². The predicted octanol–water partition coefficient (Wildman–Crippen LogP) is 6.50. The lowest BCUT2D eigenvalue weighted by atomic mass is 9.90. The van der Waals surface area contributed by atoms with Gasteiger partial charge in [-0.2, -0.15) is 0 Å². The first-order valence-corrected chi connectivity index (χ1v) is 11.8. The molecule has 1 fully saturated rings. The van der Waals surface area contributed by atoms with Gasteiger partial charge in [0.1, 0.15) is 17.0 Å². The second-order valence-corrected chi connectivity index (χ2v) is 8.72. The quantitative estimate of drug-likeness (QED) is 0.319. The van der Waals surface area contributed by atoms with E-state index in [0.717, 1.165) is 35.9 Å². The van der Waals surface area contributed by atoms with Crippen molar-refractivity contribution in [3.8, 4) is 23.0 Å². The fourth-order valence-electron chi connectivity index (χ4n) is 4.79. The smallest absolute Gasteiger partial charge is 0.187 e. The molecule has 1 aliphatic heterocycles. The Morgan fingerprint density at radius 2 is 1.59 bits per heavy atom. The molecule has 0 saturated carbocycles. The van der Waals surface area contributed by atoms with Crippen LogP contribution in [0.3, 0.4) is 0 Å². The molecule has 1 aromatic heterocycles. The molecule has 34 heavy (non-hydrogen) atoms. The molecule has 0 bridgehead atoms. The summed E-state index contributed by atoms with van der Waals surface area (Å²) in [5.41, 5.74) is 3.41. The van der Waals surface area contributed by atoms with Crippen LogP contribution in [0.15, 0.2) is 79.0 Å². The van der Waals surface area contributed by atoms with Gasteiger partial charge in [0.25, 0.3) is 0 Å². The van der Waals surface area contributed by atoms with Crippen LogP contribution < -0.4 is 19.1 Å². The SMILES string of the molecule is COc1ccc2c(Oc3ccc(N4CCC(Cc5ccccc5)CC4)cc3)ccnc2c1OC. The van der Waals surface area contributed by atoms with Crippen LogP contribution in [0.1, 0.15) is 18.4 Å². The van der Waals surface area contributed by atoms with Gasteiger partial charge in [0.15, 0.2) is 11.5 Å². The van der Waals surface area contributed by atoms with Crippen molar-refractivity contribution in [1.82, 2.24) is 4.98 Å². The highest BCUT2D eigenvalue weighted by Crippen LogP contribution is 2.39. The number of pyridine rings is 1. The predicted molar refractivity (Wildman–Crippen MR) is 136 cm³/mol. The average molecular weight is 455 g/mol. The second-order valence-electron chi connectivity index (χ2n) is 8.72. The number of ether oxygens (including phenoxy) is 3. The van der Waals surface area contributed by atoms with Crippen LogP contribution in [0.5, 0.6) is 23.0 Å². The molecule has 5 rings (SSSR count). The van der Waals surface area contributed by atoms with Crippen molar-refractivity contribution >= 4 is 16.6 Å². The van der Waals surface area contributed by atoms with Crippen LogP contribution >= 0.6 is 0 Å². The molecule has 0 atom stereocenters. The maximum atomic E-state index is 6.24. The number of methoxy groups -OCH3 is 2. The van der Waals surface area contributed by atoms with Gasteiger partial charge in [-0.3, -0.25) is 4.98 Å². The minimum absolute atomic E-state index is 0.608. The molecule has 174 valence electrons. The molecular weight excluding hydrogens is 424 g/mol. The second kappa shape index (κ2) is 10.0. The summed E-state index contributed by atoms with van der Waals surface area (Å²) in [7, 11) is 3.24. The zero-order valence-electron chi connectivity index (χ0n) is 19.7. The molecular formula is C29H30N2O3. The lowest BCUT2D eigenvalue weighted by Crippen LogP contribution is -2.34. The van der Waals surface area contributed by atoms with Gasteiger partial charge in [-0.1, -0.05) is 30.3 Å². The van der Waals surface area contributed by atoms with E-state index < -0.39 is 0 Å². The third kappa shape index (κ3) is 4.65. The Kier molecular flexibility index (Phi) is 6.52. The van der Waals surface area contributed by atoms with Gasteiger partial charge in [0.05, 0.1) is 14.2 Å². The fourth-order valence-corrected chi connectivity index (χ4v) is 4.79. The van der Waals surface area contributed by atoms with Crippen LogP contribution in [0, 0.1) is 5.92 Å². The Labute approximate surface area is 200 Å². The first-order valence-electron chi connectivity index (χ1n) is 11.8. The van der Waals surface area contributed by atoms with Crippen LogP contribution in [0.4, 0.5) is 5.69 Å². The molecule has 1 saturated heterocycles. The number of anilines is 1. The third-order valence-electron chi connectivity index (χ3n) is 6.63. The molecule has 3 aromatic carbocycles. The summed E-state index contributed by atoms with van der Waals surface area (Å²) in [6.45, 7) is 2.18. The number of rotatable bonds is 7. The number of hydrogen-bond acceptors (Lipinski definition) is 5. The maximum absolute atomic E-state index is 6.24. The van der Waals surface area contributed by atoms with Gasteiger partial charge in [-0.15, -0.1) is 0 Å². The van der Waals surface area contributed by atoms with Gasteiger partial charge in [0.2, 0.25) is 0 Å². The Morgan fingerprint density at radius 1 is 0.824 bits per heavy atom. The first-order chi connectivity index (χ1) is 16.7. The molecule has 4 aromatic rings. The molecule has 2 heterocycles. The Morgan fingerprint density at radius 3 is 2.29 bits per heavy atom. The number of nitrogens with zero attached hydrogens (tertiary/aromatic N) is 2. The van der Waals surface area contributed by atoms with Crippen LogP contribution in [0.2, 0.25) is 0 Å². The summed E-state index contributed by atoms with van der Waals surface area (Å²) in [6, 6.07) is 24.9. The monoisotopic (exact) mass is 454 g/mol. The van der Waals surface area contributed by atoms with Gasteiger partial charge in [0, 0.05) is 30.4 Å². The van der Waals surface area contributed by atoms with Crippen molar-refractivity contribution in [2.24, 2.45) is 5.92 Å². The van der Waals surface area contributed by atoms with E-state index in [9.17, 15) is 0 Å². The number of piperidine rings is 1. The molecule has 0 radical (unpaired) electrons. The van der Waals surface area contributed by atoms with Crippen molar-refractivity contribution in [3.63, 3.8) is 0 Å². The largest absolute Gasteiger partial charge is 0.493 e. The van der Waals surface area contributed by atoms with E-state index >= 15 is 0 Å². The lowest BCUT2D eigenvalue weighted by Gasteiger charge is -2.33. The van der Waals surface area contributed by atoms with Crippen molar-refractivity contribution in [2.45, 2.75) is 19.3 Å². The summed E-state index contributed by atoms with van der Waals surface area (Å²) in [5, 5.41) is 0.879. The van der Waals surface area contributed by atoms with Crippen LogP contribution in [-0.2, 0) is 6.42 Å². The topological polar surface area (TPSA) is 43.8 Å². The Hall–Kier alpha value is -3.73. The summed E-state index contributed by atoms with van der Waals surface area (Å²) in [5.74, 6) is 3.55. The summed E-state index contributed by atoms with van der Waals surface area (Å²) < 4.78 is 17.2. The zero-order valence-corrected chi connectivity index (χ0v) is 19.7. The van der Waals surface area contributed by atoms with Crippen molar-refractivity contribution in [2.75, 3.05) is 32.2 Å². The highest BCUT2D eigenvalue weighted by Gasteiger charge is 2.20. The highest BCUT2D eigenvalue weighted by atomic mass is 16.5. The molecule has 5 heteroatoms. The number of fused-ring (bicyclic) bond motifs is 1. The van der Waals surface area contributed by atoms with Gasteiger partial charge >= 0.3 is 0 Å². The molecule has 0 amide bonds. The number of hydrogen-bond donors (Lipinski definition) is 0. The van der Waals surface area contributed by atoms with E-state index in [0.29, 0.717) is 17.0 Å². The van der Waals surface area contributed by atoms with E-state index in [-0.39, 0.29) is 0 Å². The van der Waals surface area contributed by atoms with Crippen molar-refractivity contribution in [1.29, 1.82) is 0 Å². The minimum atomic E-state index is 0.608. The van der Waals surface area contributed by atoms with Crippen LogP contribution in [0.25, 0.3) is 10.9 Å². The fraction of sp³-hybridized carbons (Fsp3) is 0.276. The molecule has 0 aliphatic carbocycles. The highest BCUT2D eigenvalue weighted by molar-refractivity contribution is 5.92. The van der Waals surface area contributed by atoms with Gasteiger partial charge in [-0.25, -0.2) is 0 Å². The normalized spacial score (nSPS) is 14.2. The van der Waals surface area contributed by atoms with Crippen LogP contribution in [-0.4, -0.2) is 32.3 Å². The van der Waals surface area contributed by atoms with Crippen molar-refractivity contribution in [3.05, 3.63) is 84.6 Å². The van der Waals surface area contributed by atoms with E-state index in [1.165, 1.54) is 30.5 Å². The number of aromatic nitrogens is 1. The zero-order chi connectivity index (χ0) is 23.3. The summed E-state index contributed by atoms with van der Waals surface area (Å²) in [6.07, 6.45) is 5.36. The van der Waals surface area contributed by atoms with E-state index in [2.05, 4.69) is 52.3 Å². The molecule has 5 nitrogen and oxygen atoms in total.